The molecule has 0 saturated heterocycles. The number of carbonyl (C=O) groups excluding carboxylic acids is 3. The molecule has 0 saturated carbocycles. The number of esters is 1. The van der Waals surface area contributed by atoms with Crippen LogP contribution in [-0.2, 0) is 11.3 Å². The van der Waals surface area contributed by atoms with E-state index in [4.69, 9.17) is 4.74 Å². The predicted molar refractivity (Wildman–Crippen MR) is 85.4 cm³/mol. The molecule has 0 aliphatic rings. The van der Waals surface area contributed by atoms with Gasteiger partial charge >= 0.3 is 5.97 Å². The van der Waals surface area contributed by atoms with Crippen LogP contribution in [0.4, 0.5) is 0 Å². The lowest BCUT2D eigenvalue weighted by Gasteiger charge is -2.06. The molecule has 0 spiro atoms. The van der Waals surface area contributed by atoms with E-state index in [1.54, 1.807) is 48.5 Å². The van der Waals surface area contributed by atoms with Crippen molar-refractivity contribution < 1.29 is 19.1 Å². The van der Waals surface area contributed by atoms with E-state index >= 15 is 0 Å². The second kappa shape index (κ2) is 7.35. The second-order valence-electron chi connectivity index (χ2n) is 5.08. The van der Waals surface area contributed by atoms with Crippen molar-refractivity contribution in [1.29, 1.82) is 0 Å². The molecule has 2 rings (SSSR count). The van der Waals surface area contributed by atoms with E-state index in [1.165, 1.54) is 13.8 Å². The van der Waals surface area contributed by atoms with Crippen LogP contribution in [0.5, 0.6) is 5.75 Å². The summed E-state index contributed by atoms with van der Waals surface area (Å²) in [5.74, 6) is -0.255. The lowest BCUT2D eigenvalue weighted by Crippen LogP contribution is -2.19. The molecule has 1 amide bonds. The zero-order valence-electron chi connectivity index (χ0n) is 13.0. The minimum atomic E-state index is -0.480. The maximum Gasteiger partial charge on any atom is 0.343 e. The fraction of sp³-hybridized carbons (Fsp3) is 0.167. The van der Waals surface area contributed by atoms with Gasteiger partial charge in [-0.2, -0.15) is 0 Å². The first-order valence-corrected chi connectivity index (χ1v) is 7.12. The third-order valence-electron chi connectivity index (χ3n) is 3.20. The summed E-state index contributed by atoms with van der Waals surface area (Å²) in [5, 5.41) is 2.68. The highest BCUT2D eigenvalue weighted by Crippen LogP contribution is 2.15. The van der Waals surface area contributed by atoms with Crippen LogP contribution in [0.2, 0.25) is 0 Å². The second-order valence-corrected chi connectivity index (χ2v) is 5.08. The van der Waals surface area contributed by atoms with Gasteiger partial charge in [-0.1, -0.05) is 12.1 Å². The first-order chi connectivity index (χ1) is 11.0. The number of benzene rings is 2. The van der Waals surface area contributed by atoms with Crippen molar-refractivity contribution in [3.63, 3.8) is 0 Å². The van der Waals surface area contributed by atoms with Crippen molar-refractivity contribution in [1.82, 2.24) is 5.32 Å². The van der Waals surface area contributed by atoms with E-state index in [0.717, 1.165) is 5.56 Å². The van der Waals surface area contributed by atoms with E-state index in [0.29, 0.717) is 23.4 Å². The molecule has 0 aliphatic heterocycles. The Bertz CT molecular complexity index is 718. The molecule has 5 nitrogen and oxygen atoms in total. The van der Waals surface area contributed by atoms with Gasteiger partial charge in [0.1, 0.15) is 5.75 Å². The number of carbonyl (C=O) groups is 3. The Balaban J connectivity index is 2.00. The summed E-state index contributed by atoms with van der Waals surface area (Å²) in [6.45, 7) is 3.34. The summed E-state index contributed by atoms with van der Waals surface area (Å²) in [5.41, 5.74) is 1.86. The Hall–Kier alpha value is -2.95. The van der Waals surface area contributed by atoms with Gasteiger partial charge < -0.3 is 10.1 Å². The molecular weight excluding hydrogens is 294 g/mol. The third kappa shape index (κ3) is 4.78. The highest BCUT2D eigenvalue weighted by Gasteiger charge is 2.09. The third-order valence-corrected chi connectivity index (χ3v) is 3.20. The average Bonchev–Trinajstić information content (AvgIpc) is 2.54. The van der Waals surface area contributed by atoms with Gasteiger partial charge in [0, 0.05) is 19.0 Å². The molecule has 5 heteroatoms. The van der Waals surface area contributed by atoms with Crippen LogP contribution in [0.3, 0.4) is 0 Å². The first-order valence-electron chi connectivity index (χ1n) is 7.12. The topological polar surface area (TPSA) is 72.5 Å². The maximum atomic E-state index is 12.1. The van der Waals surface area contributed by atoms with E-state index in [2.05, 4.69) is 5.32 Å². The molecule has 1 N–H and O–H groups in total. The zero-order valence-corrected chi connectivity index (χ0v) is 13.0. The molecule has 118 valence electrons. The Labute approximate surface area is 134 Å². The zero-order chi connectivity index (χ0) is 16.8. The largest absolute Gasteiger partial charge is 0.423 e. The highest BCUT2D eigenvalue weighted by atomic mass is 16.5. The van der Waals surface area contributed by atoms with Crippen LogP contribution in [-0.4, -0.2) is 17.7 Å². The SMILES string of the molecule is CC(=O)NCc1ccc(C(=O)Oc2ccc(C(C)=O)cc2)cc1. The fourth-order valence-electron chi connectivity index (χ4n) is 1.91. The molecule has 0 radical (unpaired) electrons. The van der Waals surface area contributed by atoms with Crippen molar-refractivity contribution in [2.75, 3.05) is 0 Å². The molecule has 0 atom stereocenters. The Morgan fingerprint density at radius 3 is 1.96 bits per heavy atom. The lowest BCUT2D eigenvalue weighted by molar-refractivity contribution is -0.119. The van der Waals surface area contributed by atoms with Gasteiger partial charge in [-0.3, -0.25) is 9.59 Å². The summed E-state index contributed by atoms with van der Waals surface area (Å²) >= 11 is 0. The number of Topliss-reactive ketones (excluding diaryl/α,β-unsaturated/α-hetero) is 1. The van der Waals surface area contributed by atoms with Gasteiger partial charge in [0.25, 0.3) is 0 Å². The molecule has 2 aromatic carbocycles. The van der Waals surface area contributed by atoms with Gasteiger partial charge in [-0.05, 0) is 48.9 Å². The molecule has 0 fully saturated rings. The van der Waals surface area contributed by atoms with Gasteiger partial charge in [-0.25, -0.2) is 4.79 Å². The Morgan fingerprint density at radius 1 is 0.870 bits per heavy atom. The minimum Gasteiger partial charge on any atom is -0.423 e. The van der Waals surface area contributed by atoms with Gasteiger partial charge in [-0.15, -0.1) is 0 Å². The van der Waals surface area contributed by atoms with E-state index < -0.39 is 5.97 Å². The van der Waals surface area contributed by atoms with Crippen LogP contribution >= 0.6 is 0 Å². The van der Waals surface area contributed by atoms with Crippen molar-refractivity contribution in [2.24, 2.45) is 0 Å². The van der Waals surface area contributed by atoms with Crippen molar-refractivity contribution in [3.8, 4) is 5.75 Å². The molecule has 0 unspecified atom stereocenters. The Kier molecular flexibility index (Phi) is 5.25. The minimum absolute atomic E-state index is 0.0439. The maximum absolute atomic E-state index is 12.1. The number of rotatable bonds is 5. The van der Waals surface area contributed by atoms with Crippen LogP contribution < -0.4 is 10.1 Å². The summed E-state index contributed by atoms with van der Waals surface area (Å²) < 4.78 is 5.25. The molecule has 2 aromatic rings. The van der Waals surface area contributed by atoms with E-state index in [-0.39, 0.29) is 11.7 Å². The summed E-state index contributed by atoms with van der Waals surface area (Å²) in [6.07, 6.45) is 0. The van der Waals surface area contributed by atoms with Gasteiger partial charge in [0.05, 0.1) is 5.56 Å². The van der Waals surface area contributed by atoms with E-state index in [9.17, 15) is 14.4 Å². The average molecular weight is 311 g/mol. The van der Waals surface area contributed by atoms with Crippen molar-refractivity contribution >= 4 is 17.7 Å². The predicted octanol–water partition coefficient (Wildman–Crippen LogP) is 2.74. The number of nitrogens with one attached hydrogen (secondary N) is 1. The smallest absolute Gasteiger partial charge is 0.343 e. The summed E-state index contributed by atoms with van der Waals surface area (Å²) in [6, 6.07) is 13.2. The van der Waals surface area contributed by atoms with Crippen molar-refractivity contribution in [3.05, 3.63) is 65.2 Å². The van der Waals surface area contributed by atoms with Crippen LogP contribution in [0.25, 0.3) is 0 Å². The molecule has 0 bridgehead atoms. The number of ether oxygens (including phenoxy) is 1. The molecule has 23 heavy (non-hydrogen) atoms. The number of amides is 1. The number of ketones is 1. The molecule has 0 aromatic heterocycles. The van der Waals surface area contributed by atoms with Crippen LogP contribution in [0.1, 0.15) is 40.1 Å². The quantitative estimate of drug-likeness (QED) is 0.523. The number of hydrogen-bond donors (Lipinski definition) is 1. The highest BCUT2D eigenvalue weighted by molar-refractivity contribution is 5.94. The fourth-order valence-corrected chi connectivity index (χ4v) is 1.91. The molecule has 0 heterocycles. The Morgan fingerprint density at radius 2 is 1.43 bits per heavy atom. The van der Waals surface area contributed by atoms with Crippen molar-refractivity contribution in [2.45, 2.75) is 20.4 Å². The monoisotopic (exact) mass is 311 g/mol. The summed E-state index contributed by atoms with van der Waals surface area (Å²) in [4.78, 5) is 34.1. The van der Waals surface area contributed by atoms with Gasteiger partial charge in [0.15, 0.2) is 5.78 Å². The summed E-state index contributed by atoms with van der Waals surface area (Å²) in [7, 11) is 0. The molecule has 0 aliphatic carbocycles. The first kappa shape index (κ1) is 16.4. The van der Waals surface area contributed by atoms with Gasteiger partial charge in [0.2, 0.25) is 5.91 Å². The van der Waals surface area contributed by atoms with Crippen LogP contribution in [0.15, 0.2) is 48.5 Å². The standard InChI is InChI=1S/C18H17NO4/c1-12(20)15-7-9-17(10-8-15)23-18(22)16-5-3-14(4-6-16)11-19-13(2)21/h3-10H,11H2,1-2H3,(H,19,21). The van der Waals surface area contributed by atoms with Crippen LogP contribution in [0, 0.1) is 0 Å². The number of hydrogen-bond acceptors (Lipinski definition) is 4. The lowest BCUT2D eigenvalue weighted by atomic mass is 10.1. The van der Waals surface area contributed by atoms with E-state index in [1.807, 2.05) is 0 Å². The normalized spacial score (nSPS) is 10.0. The molecular formula is C18H17NO4.